The highest BCUT2D eigenvalue weighted by Crippen LogP contribution is 2.33. The zero-order valence-electron chi connectivity index (χ0n) is 15.3. The average Bonchev–Trinajstić information content (AvgIpc) is 3.35. The number of halogens is 1. The second-order valence-corrected chi connectivity index (χ2v) is 7.96. The van der Waals surface area contributed by atoms with Gasteiger partial charge in [-0.15, -0.1) is 0 Å². The molecule has 0 aromatic carbocycles. The Morgan fingerprint density at radius 1 is 1.33 bits per heavy atom. The molecular weight excluding hydrogens is 353 g/mol. The molecule has 2 heterocycles. The fourth-order valence-corrected chi connectivity index (χ4v) is 4.58. The van der Waals surface area contributed by atoms with Crippen molar-refractivity contribution in [3.63, 3.8) is 0 Å². The number of hydrogen-bond acceptors (Lipinski definition) is 6. The molecule has 0 radical (unpaired) electrons. The zero-order valence-corrected chi connectivity index (χ0v) is 15.3. The molecule has 4 unspecified atom stereocenters. The molecule has 0 spiro atoms. The number of nitrogens with zero attached hydrogens (tertiary/aromatic N) is 2. The van der Waals surface area contributed by atoms with Gasteiger partial charge in [0.15, 0.2) is 6.17 Å². The molecule has 1 aromatic heterocycles. The highest BCUT2D eigenvalue weighted by molar-refractivity contribution is 5.62. The zero-order chi connectivity index (χ0) is 19.5. The van der Waals surface area contributed by atoms with E-state index < -0.39 is 23.5 Å². The van der Waals surface area contributed by atoms with Crippen LogP contribution in [0.25, 0.3) is 11.3 Å². The van der Waals surface area contributed by atoms with E-state index in [1.807, 2.05) is 4.90 Å². The minimum absolute atomic E-state index is 0.0248. The lowest BCUT2D eigenvalue weighted by molar-refractivity contribution is 0.184. The van der Waals surface area contributed by atoms with E-state index >= 15 is 4.39 Å². The molecule has 1 saturated heterocycles. The van der Waals surface area contributed by atoms with Crippen LogP contribution in [0.4, 0.5) is 4.39 Å². The van der Waals surface area contributed by atoms with Gasteiger partial charge < -0.3 is 16.6 Å². The number of aromatic nitrogens is 2. The van der Waals surface area contributed by atoms with Crippen LogP contribution in [0.5, 0.6) is 0 Å². The fraction of sp³-hybridized carbons (Fsp3) is 0.667. The van der Waals surface area contributed by atoms with Gasteiger partial charge in [0.2, 0.25) is 0 Å². The van der Waals surface area contributed by atoms with E-state index in [2.05, 4.69) is 4.98 Å². The first-order valence-electron chi connectivity index (χ1n) is 9.45. The monoisotopic (exact) mass is 379 g/mol. The number of alkyl halides is 1. The summed E-state index contributed by atoms with van der Waals surface area (Å²) in [7, 11) is 0. The van der Waals surface area contributed by atoms with E-state index in [1.54, 1.807) is 11.5 Å². The number of rotatable bonds is 4. The van der Waals surface area contributed by atoms with E-state index in [1.165, 1.54) is 0 Å². The van der Waals surface area contributed by atoms with Crippen molar-refractivity contribution >= 4 is 11.3 Å². The number of nitrogens with two attached hydrogens (primary N) is 2. The standard InChI is InChI=1S/C18H26FN5O3/c1-8-15-12(17(26)22-18(27)24(15)10-2-3-10)14(21)13(19)16(8)23-5-4-9(6-23)11(20)7-25/h9-11,13,16,25H,2-7,20-21H2,1H3,(H,22,26,27). The van der Waals surface area contributed by atoms with Gasteiger partial charge in [-0.25, -0.2) is 9.18 Å². The molecule has 2 aliphatic carbocycles. The number of fused-ring (bicyclic) bond motifs is 1. The van der Waals surface area contributed by atoms with Crippen LogP contribution in [0.15, 0.2) is 9.59 Å². The van der Waals surface area contributed by atoms with Crippen molar-refractivity contribution in [3.8, 4) is 0 Å². The smallest absolute Gasteiger partial charge is 0.329 e. The molecular formula is C18H26FN5O3. The molecule has 1 saturated carbocycles. The topological polar surface area (TPSA) is 130 Å². The highest BCUT2D eigenvalue weighted by atomic mass is 19.1. The number of nitrogens with one attached hydrogen (secondary N) is 1. The predicted molar refractivity (Wildman–Crippen MR) is 98.9 cm³/mol. The lowest BCUT2D eigenvalue weighted by atomic mass is 9.93. The molecule has 3 aliphatic rings. The largest absolute Gasteiger partial charge is 0.399 e. The van der Waals surface area contributed by atoms with Crippen LogP contribution < -0.4 is 33.3 Å². The van der Waals surface area contributed by atoms with E-state index in [-0.39, 0.29) is 35.5 Å². The van der Waals surface area contributed by atoms with Crippen molar-refractivity contribution in [2.75, 3.05) is 19.7 Å². The summed E-state index contributed by atoms with van der Waals surface area (Å²) >= 11 is 0. The van der Waals surface area contributed by atoms with Crippen LogP contribution >= 0.6 is 0 Å². The summed E-state index contributed by atoms with van der Waals surface area (Å²) in [5, 5.41) is 9.87. The first-order chi connectivity index (χ1) is 12.8. The Bertz CT molecular complexity index is 996. The molecule has 6 N–H and O–H groups in total. The van der Waals surface area contributed by atoms with Gasteiger partial charge in [0.1, 0.15) is 0 Å². The lowest BCUT2D eigenvalue weighted by Crippen LogP contribution is -2.62. The second kappa shape index (κ2) is 6.57. The van der Waals surface area contributed by atoms with Crippen LogP contribution in [0, 0.1) is 5.92 Å². The van der Waals surface area contributed by atoms with Gasteiger partial charge in [-0.2, -0.15) is 0 Å². The van der Waals surface area contributed by atoms with Gasteiger partial charge in [0, 0.05) is 18.6 Å². The summed E-state index contributed by atoms with van der Waals surface area (Å²) in [6, 6.07) is -0.963. The minimum atomic E-state index is -1.53. The molecule has 0 bridgehead atoms. The normalized spacial score (nSPS) is 29.9. The summed E-state index contributed by atoms with van der Waals surface area (Å²) in [6.45, 7) is 2.84. The first-order valence-corrected chi connectivity index (χ1v) is 9.45. The van der Waals surface area contributed by atoms with Crippen molar-refractivity contribution in [1.29, 1.82) is 0 Å². The summed E-state index contributed by atoms with van der Waals surface area (Å²) in [6.07, 6.45) is 0.933. The Balaban J connectivity index is 1.87. The third kappa shape index (κ3) is 2.84. The van der Waals surface area contributed by atoms with Gasteiger partial charge in [-0.3, -0.25) is 19.2 Å². The maximum Gasteiger partial charge on any atom is 0.329 e. The Morgan fingerprint density at radius 3 is 2.67 bits per heavy atom. The number of H-pyrrole nitrogens is 1. The minimum Gasteiger partial charge on any atom is -0.399 e. The molecule has 2 fully saturated rings. The fourth-order valence-electron chi connectivity index (χ4n) is 4.58. The SMILES string of the molecule is CC1=c2c(c(=O)[nH]c(=O)n2C2CC2)=C(N)C(F)C1N1CCC(C(N)CO)C1. The highest BCUT2D eigenvalue weighted by Gasteiger charge is 2.41. The van der Waals surface area contributed by atoms with Crippen LogP contribution in [0.1, 0.15) is 32.2 Å². The first kappa shape index (κ1) is 18.4. The molecule has 148 valence electrons. The van der Waals surface area contributed by atoms with Crippen molar-refractivity contribution in [3.05, 3.63) is 31.4 Å². The van der Waals surface area contributed by atoms with Crippen molar-refractivity contribution in [2.45, 2.75) is 50.5 Å². The quantitative estimate of drug-likeness (QED) is 0.456. The van der Waals surface area contributed by atoms with Crippen LogP contribution in [-0.2, 0) is 0 Å². The predicted octanol–water partition coefficient (Wildman–Crippen LogP) is -2.53. The number of hydrogen-bond donors (Lipinski definition) is 4. The van der Waals surface area contributed by atoms with Crippen molar-refractivity contribution in [2.24, 2.45) is 17.4 Å². The van der Waals surface area contributed by atoms with Gasteiger partial charge >= 0.3 is 5.69 Å². The van der Waals surface area contributed by atoms with Crippen molar-refractivity contribution in [1.82, 2.24) is 14.5 Å². The van der Waals surface area contributed by atoms with Gasteiger partial charge in [-0.1, -0.05) is 0 Å². The van der Waals surface area contributed by atoms with Gasteiger partial charge in [-0.05, 0) is 44.2 Å². The average molecular weight is 379 g/mol. The molecule has 8 nitrogen and oxygen atoms in total. The van der Waals surface area contributed by atoms with Crippen LogP contribution in [0.2, 0.25) is 0 Å². The van der Waals surface area contributed by atoms with E-state index in [4.69, 9.17) is 11.5 Å². The summed E-state index contributed by atoms with van der Waals surface area (Å²) in [4.78, 5) is 29.1. The molecule has 4 rings (SSSR count). The second-order valence-electron chi connectivity index (χ2n) is 7.96. The van der Waals surface area contributed by atoms with Crippen LogP contribution in [0.3, 0.4) is 0 Å². The molecule has 27 heavy (non-hydrogen) atoms. The van der Waals surface area contributed by atoms with Gasteiger partial charge in [0.25, 0.3) is 5.56 Å². The summed E-state index contributed by atoms with van der Waals surface area (Å²) < 4.78 is 16.9. The third-order valence-corrected chi connectivity index (χ3v) is 6.20. The Morgan fingerprint density at radius 2 is 2.04 bits per heavy atom. The Kier molecular flexibility index (Phi) is 4.48. The van der Waals surface area contributed by atoms with Crippen molar-refractivity contribution < 1.29 is 9.50 Å². The maximum absolute atomic E-state index is 15.3. The number of aliphatic hydroxyl groups excluding tert-OH is 1. The molecule has 0 amide bonds. The van der Waals surface area contributed by atoms with Gasteiger partial charge in [0.05, 0.1) is 28.9 Å². The number of likely N-dealkylation sites (tertiary alicyclic amines) is 1. The maximum atomic E-state index is 15.3. The lowest BCUT2D eigenvalue weighted by Gasteiger charge is -2.34. The number of aromatic amines is 1. The Hall–Kier alpha value is -1.97. The van der Waals surface area contributed by atoms with E-state index in [0.29, 0.717) is 24.0 Å². The third-order valence-electron chi connectivity index (χ3n) is 6.20. The number of aliphatic hydroxyl groups is 1. The molecule has 1 aliphatic heterocycles. The van der Waals surface area contributed by atoms with E-state index in [0.717, 1.165) is 19.3 Å². The Labute approximate surface area is 155 Å². The molecule has 1 aromatic rings. The molecule has 4 atom stereocenters. The summed E-state index contributed by atoms with van der Waals surface area (Å²) in [5.41, 5.74) is 11.5. The summed E-state index contributed by atoms with van der Waals surface area (Å²) in [5.74, 6) is 0.0717. The van der Waals surface area contributed by atoms with E-state index in [9.17, 15) is 14.7 Å². The molecule has 9 heteroatoms. The van der Waals surface area contributed by atoms with Crippen LogP contribution in [-0.4, -0.2) is 57.5 Å².